The second-order valence-corrected chi connectivity index (χ2v) is 10.1. The van der Waals surface area contributed by atoms with E-state index in [4.69, 9.17) is 0 Å². The number of ether oxygens (including phenoxy) is 1. The molecule has 10 heteroatoms. The van der Waals surface area contributed by atoms with Crippen molar-refractivity contribution in [2.45, 2.75) is 36.4 Å². The highest BCUT2D eigenvalue weighted by molar-refractivity contribution is 9.10. The van der Waals surface area contributed by atoms with E-state index in [1.807, 2.05) is 38.1 Å². The van der Waals surface area contributed by atoms with Gasteiger partial charge >= 0.3 is 6.36 Å². The highest BCUT2D eigenvalue weighted by Crippen LogP contribution is 2.32. The van der Waals surface area contributed by atoms with Crippen LogP contribution in [0.5, 0.6) is 5.75 Å². The van der Waals surface area contributed by atoms with Crippen LogP contribution in [0.25, 0.3) is 0 Å². The molecule has 2 aromatic carbocycles. The molecule has 0 saturated heterocycles. The third kappa shape index (κ3) is 7.20. The second-order valence-electron chi connectivity index (χ2n) is 6.21. The van der Waals surface area contributed by atoms with Gasteiger partial charge in [0.2, 0.25) is 10.0 Å². The van der Waals surface area contributed by atoms with Gasteiger partial charge in [-0.15, -0.1) is 24.9 Å². The summed E-state index contributed by atoms with van der Waals surface area (Å²) in [5.74, 6) is 0.0654. The number of hydrogen-bond acceptors (Lipinski definition) is 4. The minimum atomic E-state index is -4.85. The van der Waals surface area contributed by atoms with Crippen molar-refractivity contribution in [3.8, 4) is 5.75 Å². The van der Waals surface area contributed by atoms with Crippen molar-refractivity contribution < 1.29 is 26.3 Å². The highest BCUT2D eigenvalue weighted by atomic mass is 79.9. The van der Waals surface area contributed by atoms with Gasteiger partial charge in [0.15, 0.2) is 0 Å². The SMILES string of the molecule is CCCN(CCSc1cccc(C)c1)S(=O)(=O)c1ccc(OC(F)(F)F)cc1Br. The number of halogens is 4. The van der Waals surface area contributed by atoms with Crippen molar-refractivity contribution in [2.24, 2.45) is 0 Å². The number of rotatable bonds is 9. The van der Waals surface area contributed by atoms with E-state index in [-0.39, 0.29) is 15.9 Å². The maximum absolute atomic E-state index is 13.1. The summed E-state index contributed by atoms with van der Waals surface area (Å²) in [7, 11) is -3.88. The van der Waals surface area contributed by atoms with Crippen molar-refractivity contribution in [1.29, 1.82) is 0 Å². The van der Waals surface area contributed by atoms with Crippen LogP contribution in [0.3, 0.4) is 0 Å². The van der Waals surface area contributed by atoms with Gasteiger partial charge in [0.25, 0.3) is 0 Å². The highest BCUT2D eigenvalue weighted by Gasteiger charge is 2.32. The van der Waals surface area contributed by atoms with E-state index in [1.165, 1.54) is 4.31 Å². The normalized spacial score (nSPS) is 12.4. The van der Waals surface area contributed by atoms with Gasteiger partial charge in [-0.05, 0) is 59.6 Å². The molecule has 0 bridgehead atoms. The van der Waals surface area contributed by atoms with Gasteiger partial charge in [0, 0.05) is 28.2 Å². The van der Waals surface area contributed by atoms with Crippen molar-refractivity contribution in [1.82, 2.24) is 4.31 Å². The summed E-state index contributed by atoms with van der Waals surface area (Å²) in [5.41, 5.74) is 1.12. The van der Waals surface area contributed by atoms with Crippen LogP contribution in [0.2, 0.25) is 0 Å². The van der Waals surface area contributed by atoms with Crippen LogP contribution in [0.1, 0.15) is 18.9 Å². The first kappa shape index (κ1) is 24.0. The van der Waals surface area contributed by atoms with Crippen molar-refractivity contribution in [2.75, 3.05) is 18.8 Å². The van der Waals surface area contributed by atoms with E-state index >= 15 is 0 Å². The summed E-state index contributed by atoms with van der Waals surface area (Å²) >= 11 is 4.61. The Bertz CT molecular complexity index is 937. The lowest BCUT2D eigenvalue weighted by molar-refractivity contribution is -0.274. The van der Waals surface area contributed by atoms with Crippen LogP contribution >= 0.6 is 27.7 Å². The number of aryl methyl sites for hydroxylation is 1. The molecule has 2 aromatic rings. The van der Waals surface area contributed by atoms with Crippen molar-refractivity contribution >= 4 is 37.7 Å². The molecular weight excluding hydrogens is 491 g/mol. The third-order valence-electron chi connectivity index (χ3n) is 3.83. The molecule has 0 fully saturated rings. The average Bonchev–Trinajstić information content (AvgIpc) is 2.59. The zero-order valence-electron chi connectivity index (χ0n) is 15.9. The van der Waals surface area contributed by atoms with Gasteiger partial charge in [-0.2, -0.15) is 4.31 Å². The van der Waals surface area contributed by atoms with Gasteiger partial charge in [-0.25, -0.2) is 8.42 Å². The summed E-state index contributed by atoms with van der Waals surface area (Å²) < 4.78 is 68.4. The molecule has 0 N–H and O–H groups in total. The van der Waals surface area contributed by atoms with Gasteiger partial charge < -0.3 is 4.74 Å². The fourth-order valence-electron chi connectivity index (χ4n) is 2.60. The third-order valence-corrected chi connectivity index (χ3v) is 7.68. The lowest BCUT2D eigenvalue weighted by atomic mass is 10.2. The molecular formula is C19H21BrF3NO3S2. The summed E-state index contributed by atoms with van der Waals surface area (Å²) in [4.78, 5) is 0.953. The van der Waals surface area contributed by atoms with E-state index in [1.54, 1.807) is 11.8 Å². The molecule has 0 radical (unpaired) electrons. The Morgan fingerprint density at radius 1 is 1.14 bits per heavy atom. The molecule has 0 aliphatic heterocycles. The molecule has 4 nitrogen and oxygen atoms in total. The van der Waals surface area contributed by atoms with Gasteiger partial charge in [0.1, 0.15) is 5.75 Å². The minimum Gasteiger partial charge on any atom is -0.406 e. The molecule has 0 aliphatic carbocycles. The Morgan fingerprint density at radius 2 is 1.86 bits per heavy atom. The van der Waals surface area contributed by atoms with E-state index < -0.39 is 22.1 Å². The Kier molecular flexibility index (Phi) is 8.45. The predicted octanol–water partition coefficient (Wildman–Crippen LogP) is 5.85. The molecule has 0 aromatic heterocycles. The van der Waals surface area contributed by atoms with E-state index in [2.05, 4.69) is 20.7 Å². The minimum absolute atomic E-state index is 0.0201. The topological polar surface area (TPSA) is 46.6 Å². The zero-order valence-corrected chi connectivity index (χ0v) is 19.1. The molecule has 0 spiro atoms. The van der Waals surface area contributed by atoms with E-state index in [0.29, 0.717) is 18.7 Å². The molecule has 29 heavy (non-hydrogen) atoms. The molecule has 0 atom stereocenters. The molecule has 160 valence electrons. The number of sulfonamides is 1. The van der Waals surface area contributed by atoms with Gasteiger partial charge in [-0.1, -0.05) is 24.6 Å². The Balaban J connectivity index is 2.16. The molecule has 0 amide bonds. The average molecular weight is 512 g/mol. The molecule has 0 saturated carbocycles. The van der Waals surface area contributed by atoms with Crippen molar-refractivity contribution in [3.05, 3.63) is 52.5 Å². The number of alkyl halides is 3. The largest absolute Gasteiger partial charge is 0.573 e. The standard InChI is InChI=1S/C19H21BrF3NO3S2/c1-3-9-24(10-11-28-16-6-4-5-14(2)12-16)29(25,26)18-8-7-15(13-17(18)20)27-19(21,22)23/h4-8,12-13H,3,9-11H2,1-2H3. The van der Waals surface area contributed by atoms with E-state index in [9.17, 15) is 21.6 Å². The van der Waals surface area contributed by atoms with Crippen LogP contribution in [0.15, 0.2) is 56.7 Å². The Labute approximate surface area is 181 Å². The van der Waals surface area contributed by atoms with Crippen LogP contribution in [-0.2, 0) is 10.0 Å². The fraction of sp³-hybridized carbons (Fsp3) is 0.368. The van der Waals surface area contributed by atoms with Gasteiger partial charge in [-0.3, -0.25) is 0 Å². The molecule has 0 heterocycles. The second kappa shape index (κ2) is 10.2. The zero-order chi connectivity index (χ0) is 21.7. The molecule has 0 aliphatic rings. The maximum atomic E-state index is 13.1. The van der Waals surface area contributed by atoms with Crippen LogP contribution < -0.4 is 4.74 Å². The lowest BCUT2D eigenvalue weighted by Crippen LogP contribution is -2.34. The first-order chi connectivity index (χ1) is 13.5. The Hall–Kier alpha value is -1.23. The van der Waals surface area contributed by atoms with Gasteiger partial charge in [0.05, 0.1) is 4.90 Å². The van der Waals surface area contributed by atoms with Crippen LogP contribution in [0, 0.1) is 6.92 Å². The molecule has 0 unspecified atom stereocenters. The number of nitrogens with zero attached hydrogens (tertiary/aromatic N) is 1. The summed E-state index contributed by atoms with van der Waals surface area (Å²) in [6.45, 7) is 4.44. The summed E-state index contributed by atoms with van der Waals surface area (Å²) in [6, 6.07) is 11.0. The predicted molar refractivity (Wildman–Crippen MR) is 112 cm³/mol. The smallest absolute Gasteiger partial charge is 0.406 e. The van der Waals surface area contributed by atoms with Crippen LogP contribution in [-0.4, -0.2) is 37.9 Å². The number of thioether (sulfide) groups is 1. The first-order valence-electron chi connectivity index (χ1n) is 8.78. The van der Waals surface area contributed by atoms with Crippen LogP contribution in [0.4, 0.5) is 13.2 Å². The first-order valence-corrected chi connectivity index (χ1v) is 12.0. The van der Waals surface area contributed by atoms with Crippen molar-refractivity contribution in [3.63, 3.8) is 0 Å². The number of hydrogen-bond donors (Lipinski definition) is 0. The monoisotopic (exact) mass is 511 g/mol. The maximum Gasteiger partial charge on any atom is 0.573 e. The number of benzene rings is 2. The quantitative estimate of drug-likeness (QED) is 0.396. The van der Waals surface area contributed by atoms with E-state index in [0.717, 1.165) is 28.7 Å². The summed E-state index contributed by atoms with van der Waals surface area (Å²) in [5, 5.41) is 0. The lowest BCUT2D eigenvalue weighted by Gasteiger charge is -2.22. The summed E-state index contributed by atoms with van der Waals surface area (Å²) in [6.07, 6.45) is -4.23. The Morgan fingerprint density at radius 3 is 2.45 bits per heavy atom. The fourth-order valence-corrected chi connectivity index (χ4v) is 6.26. The molecule has 2 rings (SSSR count).